The quantitative estimate of drug-likeness (QED) is 0.884. The van der Waals surface area contributed by atoms with Gasteiger partial charge in [-0.15, -0.1) is 0 Å². The summed E-state index contributed by atoms with van der Waals surface area (Å²) in [5.41, 5.74) is 0.604. The number of likely N-dealkylation sites (N-methyl/N-ethyl adjacent to an activating group) is 1. The summed E-state index contributed by atoms with van der Waals surface area (Å²) in [4.78, 5) is 14.2. The molecule has 1 aliphatic rings. The third kappa shape index (κ3) is 3.57. The highest BCUT2D eigenvalue weighted by Gasteiger charge is 2.24. The zero-order chi connectivity index (χ0) is 18.0. The molecule has 0 fully saturated rings. The highest BCUT2D eigenvalue weighted by atomic mass is 35.5. The molecule has 0 spiro atoms. The molecule has 6 nitrogen and oxygen atoms in total. The number of rotatable bonds is 4. The molecule has 1 aliphatic heterocycles. The number of anilines is 1. The molecule has 0 unspecified atom stereocenters. The van der Waals surface area contributed by atoms with Crippen molar-refractivity contribution in [1.82, 2.24) is 4.90 Å². The number of sulfonamides is 1. The van der Waals surface area contributed by atoms with Gasteiger partial charge in [0.05, 0.1) is 17.1 Å². The van der Waals surface area contributed by atoms with Crippen molar-refractivity contribution in [3.05, 3.63) is 53.1 Å². The van der Waals surface area contributed by atoms with Crippen LogP contribution in [0.5, 0.6) is 5.75 Å². The lowest BCUT2D eigenvalue weighted by Crippen LogP contribution is -2.32. The molecular formula is C17H17ClN2O4S. The molecule has 8 heteroatoms. The van der Waals surface area contributed by atoms with Crippen LogP contribution in [0.4, 0.5) is 5.69 Å². The number of ether oxygens (including phenoxy) is 1. The minimum absolute atomic E-state index is 0.0237. The fourth-order valence-electron chi connectivity index (χ4n) is 2.60. The van der Waals surface area contributed by atoms with Gasteiger partial charge >= 0.3 is 0 Å². The van der Waals surface area contributed by atoms with Crippen LogP contribution in [0, 0.1) is 0 Å². The van der Waals surface area contributed by atoms with Crippen molar-refractivity contribution < 1.29 is 17.9 Å². The van der Waals surface area contributed by atoms with Crippen molar-refractivity contribution >= 4 is 33.2 Å². The van der Waals surface area contributed by atoms with Gasteiger partial charge in [-0.1, -0.05) is 23.7 Å². The van der Waals surface area contributed by atoms with Gasteiger partial charge in [0.2, 0.25) is 0 Å². The molecule has 132 valence electrons. The lowest BCUT2D eigenvalue weighted by atomic mass is 10.1. The first-order valence-corrected chi connectivity index (χ1v) is 9.62. The highest BCUT2D eigenvalue weighted by Crippen LogP contribution is 2.29. The number of benzene rings is 2. The minimum atomic E-state index is -3.86. The Morgan fingerprint density at radius 1 is 1.24 bits per heavy atom. The van der Waals surface area contributed by atoms with Crippen LogP contribution in [0.1, 0.15) is 17.3 Å². The van der Waals surface area contributed by atoms with E-state index < -0.39 is 10.0 Å². The van der Waals surface area contributed by atoms with E-state index in [4.69, 9.17) is 16.3 Å². The van der Waals surface area contributed by atoms with Crippen molar-refractivity contribution in [3.63, 3.8) is 0 Å². The summed E-state index contributed by atoms with van der Waals surface area (Å²) < 4.78 is 33.1. The molecule has 1 amide bonds. The van der Waals surface area contributed by atoms with Gasteiger partial charge in [0, 0.05) is 12.2 Å². The average molecular weight is 381 g/mol. The van der Waals surface area contributed by atoms with Gasteiger partial charge in [0.1, 0.15) is 17.3 Å². The van der Waals surface area contributed by atoms with Crippen LogP contribution in [0.2, 0.25) is 5.02 Å². The van der Waals surface area contributed by atoms with Crippen LogP contribution in [0.25, 0.3) is 0 Å². The van der Waals surface area contributed by atoms with Crippen LogP contribution < -0.4 is 9.46 Å². The molecule has 0 saturated heterocycles. The number of hydrogen-bond donors (Lipinski definition) is 1. The Kier molecular flexibility index (Phi) is 4.87. The number of nitrogens with zero attached hydrogens (tertiary/aromatic N) is 1. The Bertz CT molecular complexity index is 915. The number of fused-ring (bicyclic) bond motifs is 1. The third-order valence-electron chi connectivity index (χ3n) is 3.88. The fourth-order valence-corrected chi connectivity index (χ4v) is 4.17. The number of halogens is 1. The molecule has 0 aliphatic carbocycles. The molecule has 0 aromatic heterocycles. The maximum Gasteiger partial charge on any atom is 0.263 e. The predicted octanol–water partition coefficient (Wildman–Crippen LogP) is 3.00. The SMILES string of the molecule is CCN1CCOc2ccc(NS(=O)(=O)c3ccccc3Cl)cc2C1=O. The van der Waals surface area contributed by atoms with E-state index in [1.165, 1.54) is 18.2 Å². The highest BCUT2D eigenvalue weighted by molar-refractivity contribution is 7.92. The number of carbonyl (C=O) groups is 1. The van der Waals surface area contributed by atoms with E-state index in [1.807, 2.05) is 6.92 Å². The van der Waals surface area contributed by atoms with Gasteiger partial charge in [-0.3, -0.25) is 9.52 Å². The Balaban J connectivity index is 1.95. The molecule has 25 heavy (non-hydrogen) atoms. The van der Waals surface area contributed by atoms with E-state index in [0.717, 1.165) is 0 Å². The molecular weight excluding hydrogens is 364 g/mol. The van der Waals surface area contributed by atoms with Crippen LogP contribution >= 0.6 is 11.6 Å². The molecule has 2 aromatic carbocycles. The Hall–Kier alpha value is -2.25. The zero-order valence-corrected chi connectivity index (χ0v) is 15.1. The number of nitrogens with one attached hydrogen (secondary N) is 1. The second kappa shape index (κ2) is 6.93. The summed E-state index contributed by atoms with van der Waals surface area (Å²) in [7, 11) is -3.86. The standard InChI is InChI=1S/C17H17ClN2O4S/c1-2-20-9-10-24-15-8-7-12(11-13(15)17(20)21)19-25(22,23)16-6-4-3-5-14(16)18/h3-8,11,19H,2,9-10H2,1H3. The molecule has 1 N–H and O–H groups in total. The van der Waals surface area contributed by atoms with Crippen molar-refractivity contribution in [3.8, 4) is 5.75 Å². The van der Waals surface area contributed by atoms with Crippen molar-refractivity contribution in [2.45, 2.75) is 11.8 Å². The molecule has 0 radical (unpaired) electrons. The van der Waals surface area contributed by atoms with E-state index >= 15 is 0 Å². The van der Waals surface area contributed by atoms with E-state index in [0.29, 0.717) is 31.0 Å². The monoisotopic (exact) mass is 380 g/mol. The topological polar surface area (TPSA) is 75.7 Å². The second-order valence-corrected chi connectivity index (χ2v) is 7.54. The Labute approximate surface area is 151 Å². The summed E-state index contributed by atoms with van der Waals surface area (Å²) in [6.45, 7) is 3.33. The van der Waals surface area contributed by atoms with Crippen LogP contribution in [0.3, 0.4) is 0 Å². The van der Waals surface area contributed by atoms with Crippen LogP contribution in [0.15, 0.2) is 47.4 Å². The molecule has 0 saturated carbocycles. The van der Waals surface area contributed by atoms with Gasteiger partial charge in [-0.2, -0.15) is 0 Å². The number of carbonyl (C=O) groups excluding carboxylic acids is 1. The lowest BCUT2D eigenvalue weighted by Gasteiger charge is -2.17. The summed E-state index contributed by atoms with van der Waals surface area (Å²) >= 11 is 5.97. The normalized spacial score (nSPS) is 14.5. The second-order valence-electron chi connectivity index (χ2n) is 5.48. The van der Waals surface area contributed by atoms with E-state index in [2.05, 4.69) is 4.72 Å². The first-order valence-electron chi connectivity index (χ1n) is 7.76. The predicted molar refractivity (Wildman–Crippen MR) is 95.8 cm³/mol. The van der Waals surface area contributed by atoms with Gasteiger partial charge in [-0.25, -0.2) is 8.42 Å². The van der Waals surface area contributed by atoms with Crippen molar-refractivity contribution in [2.75, 3.05) is 24.4 Å². The van der Waals surface area contributed by atoms with E-state index in [-0.39, 0.29) is 21.5 Å². The Morgan fingerprint density at radius 2 is 2.00 bits per heavy atom. The minimum Gasteiger partial charge on any atom is -0.491 e. The molecule has 0 bridgehead atoms. The van der Waals surface area contributed by atoms with Crippen LogP contribution in [-0.4, -0.2) is 38.9 Å². The summed E-state index contributed by atoms with van der Waals surface area (Å²) in [6, 6.07) is 10.8. The summed E-state index contributed by atoms with van der Waals surface area (Å²) in [5.74, 6) is 0.260. The lowest BCUT2D eigenvalue weighted by molar-refractivity contribution is 0.0765. The molecule has 2 aromatic rings. The molecule has 3 rings (SSSR count). The van der Waals surface area contributed by atoms with Crippen molar-refractivity contribution in [2.24, 2.45) is 0 Å². The maximum absolute atomic E-state index is 12.6. The van der Waals surface area contributed by atoms with E-state index in [9.17, 15) is 13.2 Å². The van der Waals surface area contributed by atoms with Gasteiger partial charge in [0.15, 0.2) is 0 Å². The smallest absolute Gasteiger partial charge is 0.263 e. The number of amides is 1. The summed E-state index contributed by atoms with van der Waals surface area (Å²) in [6.07, 6.45) is 0. The van der Waals surface area contributed by atoms with Crippen molar-refractivity contribution in [1.29, 1.82) is 0 Å². The van der Waals surface area contributed by atoms with Gasteiger partial charge in [-0.05, 0) is 37.3 Å². The zero-order valence-electron chi connectivity index (χ0n) is 13.5. The average Bonchev–Trinajstić information content (AvgIpc) is 2.74. The third-order valence-corrected chi connectivity index (χ3v) is 5.76. The van der Waals surface area contributed by atoms with E-state index in [1.54, 1.807) is 29.2 Å². The Morgan fingerprint density at radius 3 is 2.72 bits per heavy atom. The van der Waals surface area contributed by atoms with Gasteiger partial charge in [0.25, 0.3) is 15.9 Å². The summed E-state index contributed by atoms with van der Waals surface area (Å²) in [5, 5.41) is 0.126. The van der Waals surface area contributed by atoms with Gasteiger partial charge < -0.3 is 9.64 Å². The first-order chi connectivity index (χ1) is 11.9. The molecule has 0 atom stereocenters. The fraction of sp³-hybridized carbons (Fsp3) is 0.235. The largest absolute Gasteiger partial charge is 0.491 e. The first kappa shape index (κ1) is 17.6. The van der Waals surface area contributed by atoms with Crippen LogP contribution in [-0.2, 0) is 10.0 Å². The molecule has 1 heterocycles. The number of hydrogen-bond acceptors (Lipinski definition) is 4. The maximum atomic E-state index is 12.6.